The first-order chi connectivity index (χ1) is 30.4. The van der Waals surface area contributed by atoms with Crippen LogP contribution in [0.25, 0.3) is 44.1 Å². The number of ether oxygens (including phenoxy) is 1. The van der Waals surface area contributed by atoms with Crippen molar-refractivity contribution in [3.05, 3.63) is 143 Å². The number of hydrogen-bond donors (Lipinski definition) is 1. The highest BCUT2D eigenvalue weighted by Gasteiger charge is 2.24. The molecule has 2 aliphatic rings. The number of halogens is 2. The number of benzene rings is 5. The maximum atomic E-state index is 13.9. The maximum absolute atomic E-state index is 13.9. The second kappa shape index (κ2) is 19.1. The molecule has 2 aromatic heterocycles. The van der Waals surface area contributed by atoms with Crippen molar-refractivity contribution in [1.82, 2.24) is 9.97 Å². The molecule has 2 unspecified atom stereocenters. The van der Waals surface area contributed by atoms with Gasteiger partial charge in [0.05, 0.1) is 17.1 Å². The molecule has 0 radical (unpaired) electrons. The number of fused-ring (bicyclic) bond motifs is 2. The van der Waals surface area contributed by atoms with Crippen LogP contribution in [0.15, 0.2) is 109 Å². The van der Waals surface area contributed by atoms with E-state index in [-0.39, 0.29) is 17.7 Å². The average Bonchev–Trinajstić information content (AvgIpc) is 3.29. The molecule has 9 heteroatoms. The van der Waals surface area contributed by atoms with Gasteiger partial charge in [0.15, 0.2) is 0 Å². The Bertz CT molecular complexity index is 2690. The molecule has 9 rings (SSSR count). The highest BCUT2D eigenvalue weighted by Crippen LogP contribution is 2.41. The van der Waals surface area contributed by atoms with Crippen LogP contribution in [0.4, 0.5) is 25.8 Å². The Morgan fingerprint density at radius 2 is 1.05 bits per heavy atom. The van der Waals surface area contributed by atoms with E-state index in [2.05, 4.69) is 64.1 Å². The normalized spacial score (nSPS) is 15.2. The fourth-order valence-corrected chi connectivity index (χ4v) is 9.44. The van der Waals surface area contributed by atoms with E-state index in [4.69, 9.17) is 14.7 Å². The van der Waals surface area contributed by atoms with Crippen molar-refractivity contribution < 1.29 is 18.6 Å². The lowest BCUT2D eigenvalue weighted by Gasteiger charge is -2.29. The van der Waals surface area contributed by atoms with Crippen LogP contribution >= 0.6 is 0 Å². The summed E-state index contributed by atoms with van der Waals surface area (Å²) in [7, 11) is 4.04. The summed E-state index contributed by atoms with van der Waals surface area (Å²) in [6.45, 7) is 12.1. The molecule has 5 aromatic carbocycles. The van der Waals surface area contributed by atoms with Crippen LogP contribution in [-0.2, 0) is 0 Å². The summed E-state index contributed by atoms with van der Waals surface area (Å²) >= 11 is 0. The van der Waals surface area contributed by atoms with Crippen LogP contribution < -0.4 is 19.4 Å². The van der Waals surface area contributed by atoms with Crippen LogP contribution in [0.5, 0.6) is 5.75 Å². The van der Waals surface area contributed by atoms with Gasteiger partial charge in [-0.3, -0.25) is 9.97 Å². The Kier molecular flexibility index (Phi) is 13.2. The zero-order chi connectivity index (χ0) is 44.2. The van der Waals surface area contributed by atoms with Crippen molar-refractivity contribution in [2.75, 3.05) is 55.0 Å². The van der Waals surface area contributed by atoms with Crippen molar-refractivity contribution in [3.8, 4) is 28.0 Å². The number of anilines is 3. The quantitative estimate of drug-likeness (QED) is 0.155. The molecular formula is C54H59F2N5O2. The number of aliphatic hydroxyl groups is 1. The van der Waals surface area contributed by atoms with E-state index in [0.29, 0.717) is 0 Å². The third-order valence-electron chi connectivity index (χ3n) is 12.6. The van der Waals surface area contributed by atoms with Gasteiger partial charge in [-0.2, -0.15) is 0 Å². The summed E-state index contributed by atoms with van der Waals surface area (Å²) in [5, 5.41) is 12.5. The zero-order valence-corrected chi connectivity index (χ0v) is 37.5. The molecule has 326 valence electrons. The van der Waals surface area contributed by atoms with Crippen molar-refractivity contribution in [1.29, 1.82) is 0 Å². The first-order valence-electron chi connectivity index (χ1n) is 22.5. The molecule has 2 fully saturated rings. The van der Waals surface area contributed by atoms with Crippen LogP contribution in [0.1, 0.15) is 87.1 Å². The fraction of sp³-hybridized carbons (Fsp3) is 0.333. The Morgan fingerprint density at radius 3 is 1.51 bits per heavy atom. The highest BCUT2D eigenvalue weighted by molar-refractivity contribution is 6.00. The van der Waals surface area contributed by atoms with E-state index in [1.54, 1.807) is 19.1 Å². The second-order valence-corrected chi connectivity index (χ2v) is 17.3. The Labute approximate surface area is 371 Å². The van der Waals surface area contributed by atoms with Crippen molar-refractivity contribution in [2.45, 2.75) is 78.4 Å². The molecule has 2 aliphatic heterocycles. The summed E-state index contributed by atoms with van der Waals surface area (Å²) in [5.74, 6) is 0.302. The summed E-state index contributed by atoms with van der Waals surface area (Å²) in [5.41, 5.74) is 12.8. The summed E-state index contributed by atoms with van der Waals surface area (Å²) < 4.78 is 33.9. The SMILES string of the molecule is Cc1nc2ccc(N3CCCCC3)cc2c(-c2ccc(F)cc2)c1C(C)O.Cc1nc2ccc(N3CCCCC3)cc2c(-c2ccc(F)cc2)c1C(C)Oc1cccc(N(C)C)c1. The van der Waals surface area contributed by atoms with E-state index in [1.807, 2.05) is 58.3 Å². The summed E-state index contributed by atoms with van der Waals surface area (Å²) in [6, 6.07) is 34.3. The number of nitrogens with zero attached hydrogens (tertiary/aromatic N) is 5. The minimum atomic E-state index is -0.652. The smallest absolute Gasteiger partial charge is 0.123 e. The van der Waals surface area contributed by atoms with Crippen molar-refractivity contribution >= 4 is 38.9 Å². The second-order valence-electron chi connectivity index (χ2n) is 17.3. The number of rotatable bonds is 9. The van der Waals surface area contributed by atoms with E-state index in [9.17, 15) is 13.9 Å². The molecule has 4 heterocycles. The molecule has 0 spiro atoms. The molecule has 7 nitrogen and oxygen atoms in total. The van der Waals surface area contributed by atoms with E-state index in [0.717, 1.165) is 104 Å². The molecule has 2 atom stereocenters. The Morgan fingerprint density at radius 1 is 0.587 bits per heavy atom. The molecule has 0 amide bonds. The van der Waals surface area contributed by atoms with Gasteiger partial charge in [-0.25, -0.2) is 8.78 Å². The average molecular weight is 848 g/mol. The minimum absolute atomic E-state index is 0.241. The number of aromatic nitrogens is 2. The van der Waals surface area contributed by atoms with E-state index >= 15 is 0 Å². The van der Waals surface area contributed by atoms with Gasteiger partial charge >= 0.3 is 0 Å². The monoisotopic (exact) mass is 847 g/mol. The van der Waals surface area contributed by atoms with Crippen LogP contribution in [0.3, 0.4) is 0 Å². The predicted octanol–water partition coefficient (Wildman–Crippen LogP) is 12.9. The molecular weight excluding hydrogens is 789 g/mol. The summed E-state index contributed by atoms with van der Waals surface area (Å²) in [4.78, 5) is 16.7. The largest absolute Gasteiger partial charge is 0.486 e. The molecule has 7 aromatic rings. The third-order valence-corrected chi connectivity index (χ3v) is 12.6. The molecule has 0 saturated carbocycles. The van der Waals surface area contributed by atoms with Crippen molar-refractivity contribution in [3.63, 3.8) is 0 Å². The van der Waals surface area contributed by atoms with Gasteiger partial charge in [0, 0.05) is 96.7 Å². The van der Waals surface area contributed by atoms with Gasteiger partial charge in [-0.1, -0.05) is 30.3 Å². The maximum Gasteiger partial charge on any atom is 0.123 e. The molecule has 63 heavy (non-hydrogen) atoms. The van der Waals surface area contributed by atoms with Gasteiger partial charge in [0.25, 0.3) is 0 Å². The van der Waals surface area contributed by atoms with Crippen LogP contribution in [-0.4, -0.2) is 55.3 Å². The van der Waals surface area contributed by atoms with Crippen molar-refractivity contribution in [2.24, 2.45) is 0 Å². The molecule has 0 bridgehead atoms. The predicted molar refractivity (Wildman–Crippen MR) is 256 cm³/mol. The van der Waals surface area contributed by atoms with Gasteiger partial charge in [0.2, 0.25) is 0 Å². The number of aliphatic hydroxyl groups excluding tert-OH is 1. The van der Waals surface area contributed by atoms with Crippen LogP contribution in [0, 0.1) is 25.5 Å². The lowest BCUT2D eigenvalue weighted by Crippen LogP contribution is -2.29. The number of piperidine rings is 2. The lowest BCUT2D eigenvalue weighted by atomic mass is 9.91. The van der Waals surface area contributed by atoms with Gasteiger partial charge < -0.3 is 24.5 Å². The molecule has 0 aliphatic carbocycles. The Hall–Kier alpha value is -6.06. The number of hydrogen-bond acceptors (Lipinski definition) is 7. The number of pyridine rings is 2. The molecule has 2 saturated heterocycles. The first kappa shape index (κ1) is 43.6. The standard InChI is InChI=1S/C31H34FN3O.C23H25FN2O/c1-21-30(22(2)36-27-10-8-9-25(19-27)34(3)4)31(23-11-13-24(32)14-12-23)28-20-26(15-16-29(28)33-21)35-17-6-5-7-18-35;1-15-22(16(2)27)23(17-6-8-18(24)9-7-17)20-14-19(10-11-21(20)25-15)26-12-4-3-5-13-26/h8-16,19-20,22H,5-7,17-18H2,1-4H3;6-11,14,16,27H,3-5,12-13H2,1-2H3. The van der Waals surface area contributed by atoms with Gasteiger partial charge in [-0.15, -0.1) is 0 Å². The van der Waals surface area contributed by atoms with E-state index < -0.39 is 6.10 Å². The lowest BCUT2D eigenvalue weighted by molar-refractivity contribution is 0.199. The fourth-order valence-electron chi connectivity index (χ4n) is 9.44. The third kappa shape index (κ3) is 9.64. The minimum Gasteiger partial charge on any atom is -0.486 e. The van der Waals surface area contributed by atoms with Gasteiger partial charge in [0.1, 0.15) is 23.5 Å². The molecule has 1 N–H and O–H groups in total. The highest BCUT2D eigenvalue weighted by atomic mass is 19.1. The zero-order valence-electron chi connectivity index (χ0n) is 37.5. The van der Waals surface area contributed by atoms with E-state index in [1.165, 1.54) is 74.2 Å². The first-order valence-corrected chi connectivity index (χ1v) is 22.5. The Balaban J connectivity index is 0.000000180. The topological polar surface area (TPSA) is 65.0 Å². The number of aryl methyl sites for hydroxylation is 2. The summed E-state index contributed by atoms with van der Waals surface area (Å²) in [6.07, 6.45) is 6.55. The van der Waals surface area contributed by atoms with Crippen LogP contribution in [0.2, 0.25) is 0 Å². The van der Waals surface area contributed by atoms with Gasteiger partial charge in [-0.05, 0) is 161 Å².